The predicted molar refractivity (Wildman–Crippen MR) is 74.5 cm³/mol. The molecule has 2 aliphatic rings. The van der Waals surface area contributed by atoms with Gasteiger partial charge in [0.05, 0.1) is 5.92 Å². The smallest absolute Gasteiger partial charge is 0.225 e. The third-order valence-electron chi connectivity index (χ3n) is 4.62. The molecule has 0 aromatic heterocycles. The van der Waals surface area contributed by atoms with E-state index in [1.807, 2.05) is 0 Å². The molecular formula is C15H26N2O2. The summed E-state index contributed by atoms with van der Waals surface area (Å²) in [5.74, 6) is 0.831. The molecule has 2 unspecified atom stereocenters. The number of amides is 2. The number of hydrogen-bond donors (Lipinski definition) is 2. The average molecular weight is 266 g/mol. The summed E-state index contributed by atoms with van der Waals surface area (Å²) < 4.78 is 0. The van der Waals surface area contributed by atoms with E-state index in [0.717, 1.165) is 6.42 Å². The Morgan fingerprint density at radius 1 is 1.32 bits per heavy atom. The van der Waals surface area contributed by atoms with Gasteiger partial charge in [-0.25, -0.2) is 0 Å². The van der Waals surface area contributed by atoms with Crippen molar-refractivity contribution in [1.29, 1.82) is 0 Å². The van der Waals surface area contributed by atoms with Crippen molar-refractivity contribution in [3.05, 3.63) is 0 Å². The van der Waals surface area contributed by atoms with Crippen LogP contribution in [0.1, 0.15) is 58.3 Å². The molecule has 4 nitrogen and oxygen atoms in total. The van der Waals surface area contributed by atoms with E-state index >= 15 is 0 Å². The lowest BCUT2D eigenvalue weighted by molar-refractivity contribution is -0.129. The zero-order chi connectivity index (χ0) is 13.7. The van der Waals surface area contributed by atoms with Crippen LogP contribution in [0.5, 0.6) is 0 Å². The molecule has 0 bridgehead atoms. The highest BCUT2D eigenvalue weighted by Crippen LogP contribution is 2.28. The Kier molecular flexibility index (Phi) is 5.23. The lowest BCUT2D eigenvalue weighted by Crippen LogP contribution is -2.48. The standard InChI is InChI=1S/C15H26N2O2/c1-2-13(11-6-4-3-5-7-11)17-15(19)12-8-9-14(18)16-10-12/h11-13H,2-10H2,1H3,(H,16,18)(H,17,19). The fourth-order valence-electron chi connectivity index (χ4n) is 3.35. The Bertz CT molecular complexity index is 314. The maximum absolute atomic E-state index is 12.3. The maximum Gasteiger partial charge on any atom is 0.225 e. The first kappa shape index (κ1) is 14.4. The summed E-state index contributed by atoms with van der Waals surface area (Å²) in [6.45, 7) is 2.66. The van der Waals surface area contributed by atoms with Gasteiger partial charge in [0.2, 0.25) is 11.8 Å². The molecule has 4 heteroatoms. The van der Waals surface area contributed by atoms with Gasteiger partial charge in [-0.2, -0.15) is 0 Å². The summed E-state index contributed by atoms with van der Waals surface area (Å²) in [6.07, 6.45) is 8.63. The van der Waals surface area contributed by atoms with Crippen molar-refractivity contribution in [2.45, 2.75) is 64.3 Å². The van der Waals surface area contributed by atoms with Gasteiger partial charge in [0.1, 0.15) is 0 Å². The van der Waals surface area contributed by atoms with Crippen molar-refractivity contribution in [2.24, 2.45) is 11.8 Å². The molecule has 2 fully saturated rings. The number of nitrogens with one attached hydrogen (secondary N) is 2. The molecule has 19 heavy (non-hydrogen) atoms. The fourth-order valence-corrected chi connectivity index (χ4v) is 3.35. The molecule has 0 spiro atoms. The zero-order valence-corrected chi connectivity index (χ0v) is 11.9. The molecule has 2 rings (SSSR count). The second-order valence-electron chi connectivity index (χ2n) is 5.96. The van der Waals surface area contributed by atoms with E-state index in [-0.39, 0.29) is 17.7 Å². The number of rotatable bonds is 4. The van der Waals surface area contributed by atoms with E-state index in [2.05, 4.69) is 17.6 Å². The Balaban J connectivity index is 1.83. The first-order valence-corrected chi connectivity index (χ1v) is 7.77. The first-order chi connectivity index (χ1) is 9.20. The summed E-state index contributed by atoms with van der Waals surface area (Å²) in [4.78, 5) is 23.4. The molecule has 2 amide bonds. The van der Waals surface area contributed by atoms with Gasteiger partial charge in [-0.3, -0.25) is 9.59 Å². The summed E-state index contributed by atoms with van der Waals surface area (Å²) in [5.41, 5.74) is 0. The lowest BCUT2D eigenvalue weighted by Gasteiger charge is -2.32. The normalized spacial score (nSPS) is 26.6. The minimum atomic E-state index is -0.0321. The number of carbonyl (C=O) groups excluding carboxylic acids is 2. The van der Waals surface area contributed by atoms with E-state index in [9.17, 15) is 9.59 Å². The van der Waals surface area contributed by atoms with Crippen LogP contribution in [0.25, 0.3) is 0 Å². The Labute approximate surface area is 115 Å². The van der Waals surface area contributed by atoms with Gasteiger partial charge in [0, 0.05) is 19.0 Å². The van der Waals surface area contributed by atoms with Crippen molar-refractivity contribution >= 4 is 11.8 Å². The van der Waals surface area contributed by atoms with E-state index in [0.29, 0.717) is 31.3 Å². The van der Waals surface area contributed by atoms with Crippen LogP contribution in [0.4, 0.5) is 0 Å². The molecule has 2 N–H and O–H groups in total. The molecule has 108 valence electrons. The first-order valence-electron chi connectivity index (χ1n) is 7.77. The monoisotopic (exact) mass is 266 g/mol. The third kappa shape index (κ3) is 3.95. The molecule has 1 saturated heterocycles. The Morgan fingerprint density at radius 3 is 2.63 bits per heavy atom. The largest absolute Gasteiger partial charge is 0.355 e. The van der Waals surface area contributed by atoms with Crippen molar-refractivity contribution in [2.75, 3.05) is 6.54 Å². The van der Waals surface area contributed by atoms with Crippen LogP contribution in [-0.4, -0.2) is 24.4 Å². The van der Waals surface area contributed by atoms with E-state index in [1.165, 1.54) is 32.1 Å². The maximum atomic E-state index is 12.3. The van der Waals surface area contributed by atoms with Gasteiger partial charge in [-0.1, -0.05) is 26.2 Å². The highest BCUT2D eigenvalue weighted by atomic mass is 16.2. The number of piperidine rings is 1. The minimum Gasteiger partial charge on any atom is -0.355 e. The third-order valence-corrected chi connectivity index (χ3v) is 4.62. The van der Waals surface area contributed by atoms with Crippen LogP contribution in [0.15, 0.2) is 0 Å². The van der Waals surface area contributed by atoms with Gasteiger partial charge in [-0.15, -0.1) is 0 Å². The molecule has 0 aromatic carbocycles. The van der Waals surface area contributed by atoms with Gasteiger partial charge < -0.3 is 10.6 Å². The Hall–Kier alpha value is -1.06. The van der Waals surface area contributed by atoms with E-state index in [1.54, 1.807) is 0 Å². The molecule has 1 saturated carbocycles. The van der Waals surface area contributed by atoms with Gasteiger partial charge in [-0.05, 0) is 31.6 Å². The van der Waals surface area contributed by atoms with Crippen LogP contribution in [0, 0.1) is 11.8 Å². The molecule has 0 radical (unpaired) electrons. The predicted octanol–water partition coefficient (Wildman–Crippen LogP) is 1.99. The highest BCUT2D eigenvalue weighted by Gasteiger charge is 2.28. The summed E-state index contributed by atoms with van der Waals surface area (Å²) >= 11 is 0. The van der Waals surface area contributed by atoms with Crippen LogP contribution < -0.4 is 10.6 Å². The van der Waals surface area contributed by atoms with Crippen molar-refractivity contribution in [3.63, 3.8) is 0 Å². The zero-order valence-electron chi connectivity index (χ0n) is 11.9. The van der Waals surface area contributed by atoms with Crippen LogP contribution in [0.3, 0.4) is 0 Å². The Morgan fingerprint density at radius 2 is 2.05 bits per heavy atom. The number of carbonyl (C=O) groups is 2. The number of hydrogen-bond acceptors (Lipinski definition) is 2. The minimum absolute atomic E-state index is 0.0321. The summed E-state index contributed by atoms with van der Waals surface area (Å²) in [6, 6.07) is 0.324. The van der Waals surface area contributed by atoms with Crippen LogP contribution >= 0.6 is 0 Å². The van der Waals surface area contributed by atoms with Gasteiger partial charge in [0.25, 0.3) is 0 Å². The second kappa shape index (κ2) is 6.92. The molecule has 2 atom stereocenters. The second-order valence-corrected chi connectivity index (χ2v) is 5.96. The molecule has 1 heterocycles. The molecule has 1 aliphatic heterocycles. The fraction of sp³-hybridized carbons (Fsp3) is 0.867. The van der Waals surface area contributed by atoms with Gasteiger partial charge >= 0.3 is 0 Å². The van der Waals surface area contributed by atoms with Gasteiger partial charge in [0.15, 0.2) is 0 Å². The lowest BCUT2D eigenvalue weighted by atomic mass is 9.82. The highest BCUT2D eigenvalue weighted by molar-refractivity contribution is 5.83. The molecular weight excluding hydrogens is 240 g/mol. The average Bonchev–Trinajstić information content (AvgIpc) is 2.46. The van der Waals surface area contributed by atoms with Crippen LogP contribution in [-0.2, 0) is 9.59 Å². The SMILES string of the molecule is CCC(NC(=O)C1CCC(=O)NC1)C1CCCCC1. The topological polar surface area (TPSA) is 58.2 Å². The van der Waals surface area contributed by atoms with Crippen LogP contribution in [0.2, 0.25) is 0 Å². The van der Waals surface area contributed by atoms with E-state index in [4.69, 9.17) is 0 Å². The quantitative estimate of drug-likeness (QED) is 0.817. The van der Waals surface area contributed by atoms with Crippen molar-refractivity contribution in [3.8, 4) is 0 Å². The van der Waals surface area contributed by atoms with Crippen molar-refractivity contribution in [1.82, 2.24) is 10.6 Å². The molecule has 1 aliphatic carbocycles. The van der Waals surface area contributed by atoms with E-state index < -0.39 is 0 Å². The summed E-state index contributed by atoms with van der Waals surface area (Å²) in [7, 11) is 0. The summed E-state index contributed by atoms with van der Waals surface area (Å²) in [5, 5.41) is 6.01. The van der Waals surface area contributed by atoms with Crippen molar-refractivity contribution < 1.29 is 9.59 Å². The molecule has 0 aromatic rings.